The summed E-state index contributed by atoms with van der Waals surface area (Å²) >= 11 is 6.67. The standard InChI is InChI=1S/C23H26ClN5O/c24-20(22(26)17-10-5-2-6-11-17)19(21(25)16-8-3-1-4-9-16)23(27)28-13-15-29-14-7-12-18(29)30/h1-6,8-11,25,28H,7,12-15,26-27H2/b22-20+,23-19-,25-21?. The second-order valence-corrected chi connectivity index (χ2v) is 7.41. The summed E-state index contributed by atoms with van der Waals surface area (Å²) in [5.41, 5.74) is 14.9. The molecule has 156 valence electrons. The topological polar surface area (TPSA) is 108 Å². The van der Waals surface area contributed by atoms with Crippen LogP contribution in [0.25, 0.3) is 5.70 Å². The van der Waals surface area contributed by atoms with Gasteiger partial charge in [0.05, 0.1) is 22.0 Å². The number of nitrogens with one attached hydrogen (secondary N) is 2. The van der Waals surface area contributed by atoms with E-state index in [0.29, 0.717) is 36.3 Å². The van der Waals surface area contributed by atoms with Gasteiger partial charge in [-0.25, -0.2) is 0 Å². The lowest BCUT2D eigenvalue weighted by atomic mass is 9.99. The quantitative estimate of drug-likeness (QED) is 0.386. The van der Waals surface area contributed by atoms with Gasteiger partial charge >= 0.3 is 0 Å². The van der Waals surface area contributed by atoms with Gasteiger partial charge in [-0.2, -0.15) is 0 Å². The fraction of sp³-hybridized carbons (Fsp3) is 0.217. The molecule has 30 heavy (non-hydrogen) atoms. The molecule has 1 aliphatic heterocycles. The average molecular weight is 424 g/mol. The summed E-state index contributed by atoms with van der Waals surface area (Å²) in [4.78, 5) is 13.6. The number of likely N-dealkylation sites (tertiary alicyclic amines) is 1. The Bertz CT molecular complexity index is 970. The van der Waals surface area contributed by atoms with Gasteiger partial charge in [0.1, 0.15) is 5.82 Å². The largest absolute Gasteiger partial charge is 0.397 e. The van der Waals surface area contributed by atoms with Crippen LogP contribution < -0.4 is 16.8 Å². The molecule has 0 atom stereocenters. The van der Waals surface area contributed by atoms with Crippen LogP contribution in [0.15, 0.2) is 77.1 Å². The van der Waals surface area contributed by atoms with Crippen molar-refractivity contribution in [3.05, 3.63) is 88.2 Å². The Morgan fingerprint density at radius 2 is 1.63 bits per heavy atom. The van der Waals surface area contributed by atoms with Crippen molar-refractivity contribution < 1.29 is 4.79 Å². The molecule has 0 unspecified atom stereocenters. The molecule has 1 aliphatic rings. The molecule has 6 N–H and O–H groups in total. The number of hydrogen-bond acceptors (Lipinski definition) is 5. The van der Waals surface area contributed by atoms with E-state index in [-0.39, 0.29) is 22.5 Å². The van der Waals surface area contributed by atoms with Crippen molar-refractivity contribution in [2.45, 2.75) is 12.8 Å². The maximum Gasteiger partial charge on any atom is 0.222 e. The zero-order valence-electron chi connectivity index (χ0n) is 16.7. The Morgan fingerprint density at radius 3 is 2.20 bits per heavy atom. The van der Waals surface area contributed by atoms with Crippen molar-refractivity contribution in [2.75, 3.05) is 19.6 Å². The molecule has 0 spiro atoms. The molecular formula is C23H26ClN5O. The van der Waals surface area contributed by atoms with Crippen LogP contribution in [0, 0.1) is 5.41 Å². The molecule has 0 aliphatic carbocycles. The molecule has 1 saturated heterocycles. The highest BCUT2D eigenvalue weighted by molar-refractivity contribution is 6.39. The summed E-state index contributed by atoms with van der Waals surface area (Å²) in [6.45, 7) is 1.76. The third-order valence-corrected chi connectivity index (χ3v) is 5.38. The summed E-state index contributed by atoms with van der Waals surface area (Å²) in [5, 5.41) is 12.0. The van der Waals surface area contributed by atoms with Gasteiger partial charge in [-0.1, -0.05) is 72.3 Å². The van der Waals surface area contributed by atoms with Crippen molar-refractivity contribution >= 4 is 28.9 Å². The lowest BCUT2D eigenvalue weighted by molar-refractivity contribution is -0.127. The smallest absolute Gasteiger partial charge is 0.222 e. The Morgan fingerprint density at radius 1 is 1.03 bits per heavy atom. The Balaban J connectivity index is 1.91. The fourth-order valence-electron chi connectivity index (χ4n) is 3.35. The normalized spacial score (nSPS) is 15.5. The highest BCUT2D eigenvalue weighted by Gasteiger charge is 2.21. The first kappa shape index (κ1) is 21.5. The minimum atomic E-state index is 0.155. The zero-order valence-corrected chi connectivity index (χ0v) is 17.5. The summed E-state index contributed by atoms with van der Waals surface area (Å²) in [7, 11) is 0. The van der Waals surface area contributed by atoms with Crippen LogP contribution in [0.5, 0.6) is 0 Å². The number of amides is 1. The molecule has 1 heterocycles. The van der Waals surface area contributed by atoms with Gasteiger partial charge in [0, 0.05) is 31.6 Å². The molecule has 2 aromatic carbocycles. The zero-order chi connectivity index (χ0) is 21.5. The molecule has 6 nitrogen and oxygen atoms in total. The molecule has 0 aromatic heterocycles. The first-order chi connectivity index (χ1) is 14.5. The molecular weight excluding hydrogens is 398 g/mol. The Labute approximate surface area is 181 Å². The van der Waals surface area contributed by atoms with Crippen molar-refractivity contribution in [3.63, 3.8) is 0 Å². The van der Waals surface area contributed by atoms with Crippen LogP contribution in [0.3, 0.4) is 0 Å². The van der Waals surface area contributed by atoms with E-state index in [1.807, 2.05) is 60.7 Å². The van der Waals surface area contributed by atoms with Crippen molar-refractivity contribution in [2.24, 2.45) is 11.5 Å². The number of nitrogens with zero attached hydrogens (tertiary/aromatic N) is 1. The fourth-order valence-corrected chi connectivity index (χ4v) is 3.65. The van der Waals surface area contributed by atoms with Gasteiger partial charge in [0.15, 0.2) is 0 Å². The van der Waals surface area contributed by atoms with Crippen LogP contribution in [-0.2, 0) is 4.79 Å². The second-order valence-electron chi connectivity index (χ2n) is 7.03. The number of rotatable bonds is 8. The third kappa shape index (κ3) is 5.02. The van der Waals surface area contributed by atoms with E-state index < -0.39 is 0 Å². The molecule has 0 bridgehead atoms. The maximum absolute atomic E-state index is 11.8. The number of benzene rings is 2. The predicted molar refractivity (Wildman–Crippen MR) is 122 cm³/mol. The van der Waals surface area contributed by atoms with E-state index in [1.54, 1.807) is 4.90 Å². The maximum atomic E-state index is 11.8. The van der Waals surface area contributed by atoms with E-state index in [2.05, 4.69) is 5.32 Å². The molecule has 0 radical (unpaired) electrons. The van der Waals surface area contributed by atoms with Gasteiger partial charge in [0.2, 0.25) is 5.91 Å². The summed E-state index contributed by atoms with van der Waals surface area (Å²) in [5.74, 6) is 0.405. The average Bonchev–Trinajstić information content (AvgIpc) is 3.19. The monoisotopic (exact) mass is 423 g/mol. The molecule has 0 saturated carbocycles. The van der Waals surface area contributed by atoms with Crippen molar-refractivity contribution in [1.82, 2.24) is 10.2 Å². The van der Waals surface area contributed by atoms with Crippen molar-refractivity contribution in [3.8, 4) is 0 Å². The highest BCUT2D eigenvalue weighted by atomic mass is 35.5. The SMILES string of the molecule is N=C(C(=C(/N)NCCN1CCCC1=O)/C(Cl)=C(\N)c1ccccc1)c1ccccc1. The number of halogens is 1. The summed E-state index contributed by atoms with van der Waals surface area (Å²) in [6, 6.07) is 18.6. The minimum Gasteiger partial charge on any atom is -0.397 e. The van der Waals surface area contributed by atoms with E-state index in [9.17, 15) is 4.79 Å². The lowest BCUT2D eigenvalue weighted by Crippen LogP contribution is -2.35. The highest BCUT2D eigenvalue weighted by Crippen LogP contribution is 2.27. The van der Waals surface area contributed by atoms with Gasteiger partial charge in [0.25, 0.3) is 0 Å². The third-order valence-electron chi connectivity index (χ3n) is 4.99. The number of hydrogen-bond donors (Lipinski definition) is 4. The Hall–Kier alpha value is -3.25. The molecule has 7 heteroatoms. The van der Waals surface area contributed by atoms with Crippen LogP contribution in [0.1, 0.15) is 24.0 Å². The van der Waals surface area contributed by atoms with Gasteiger partial charge in [-0.3, -0.25) is 10.2 Å². The van der Waals surface area contributed by atoms with E-state index in [0.717, 1.165) is 18.5 Å². The van der Waals surface area contributed by atoms with Crippen LogP contribution in [-0.4, -0.2) is 36.2 Å². The number of carbonyl (C=O) groups excluding carboxylic acids is 1. The van der Waals surface area contributed by atoms with E-state index >= 15 is 0 Å². The van der Waals surface area contributed by atoms with Crippen LogP contribution in [0.4, 0.5) is 0 Å². The number of carbonyl (C=O) groups is 1. The Kier molecular flexibility index (Phi) is 7.14. The molecule has 1 amide bonds. The van der Waals surface area contributed by atoms with Gasteiger partial charge in [-0.15, -0.1) is 0 Å². The number of allylic oxidation sites excluding steroid dienone is 2. The predicted octanol–water partition coefficient (Wildman–Crippen LogP) is 3.00. The van der Waals surface area contributed by atoms with Gasteiger partial charge < -0.3 is 21.7 Å². The molecule has 3 rings (SSSR count). The van der Waals surface area contributed by atoms with E-state index in [1.165, 1.54) is 0 Å². The molecule has 2 aromatic rings. The van der Waals surface area contributed by atoms with Gasteiger partial charge in [-0.05, 0) is 12.0 Å². The second kappa shape index (κ2) is 9.98. The summed E-state index contributed by atoms with van der Waals surface area (Å²) < 4.78 is 0. The van der Waals surface area contributed by atoms with Crippen LogP contribution in [0.2, 0.25) is 0 Å². The van der Waals surface area contributed by atoms with Crippen LogP contribution >= 0.6 is 11.6 Å². The molecule has 1 fully saturated rings. The minimum absolute atomic E-state index is 0.155. The van der Waals surface area contributed by atoms with E-state index in [4.69, 9.17) is 28.5 Å². The van der Waals surface area contributed by atoms with Crippen molar-refractivity contribution in [1.29, 1.82) is 5.41 Å². The first-order valence-electron chi connectivity index (χ1n) is 9.85. The summed E-state index contributed by atoms with van der Waals surface area (Å²) in [6.07, 6.45) is 1.48. The number of nitrogens with two attached hydrogens (primary N) is 2. The lowest BCUT2D eigenvalue weighted by Gasteiger charge is -2.19. The first-order valence-corrected chi connectivity index (χ1v) is 10.2.